The molecule has 0 aliphatic rings. The van der Waals surface area contributed by atoms with E-state index in [4.69, 9.17) is 15.7 Å². The minimum absolute atomic E-state index is 0.0122. The summed E-state index contributed by atoms with van der Waals surface area (Å²) in [4.78, 5) is 4.09. The van der Waals surface area contributed by atoms with E-state index in [0.29, 0.717) is 17.2 Å². The van der Waals surface area contributed by atoms with Gasteiger partial charge in [0.05, 0.1) is 0 Å². The number of benzene rings is 1. The summed E-state index contributed by atoms with van der Waals surface area (Å²) >= 11 is 3.39. The van der Waals surface area contributed by atoms with Crippen LogP contribution in [-0.4, -0.2) is 16.0 Å². The maximum absolute atomic E-state index is 8.64. The quantitative estimate of drug-likeness (QED) is 0.394. The Bertz CT molecular complexity index is 629. The van der Waals surface area contributed by atoms with Crippen LogP contribution < -0.4 is 10.5 Å². The predicted molar refractivity (Wildman–Crippen MR) is 75.7 cm³/mol. The van der Waals surface area contributed by atoms with Crippen LogP contribution in [0.3, 0.4) is 0 Å². The number of pyridine rings is 1. The van der Waals surface area contributed by atoms with Crippen molar-refractivity contribution in [2.75, 3.05) is 0 Å². The van der Waals surface area contributed by atoms with Crippen LogP contribution in [0, 0.1) is 6.92 Å². The van der Waals surface area contributed by atoms with Crippen LogP contribution in [0.5, 0.6) is 11.6 Å². The van der Waals surface area contributed by atoms with E-state index in [1.54, 1.807) is 12.1 Å². The molecule has 0 fully saturated rings. The molecule has 0 saturated carbocycles. The number of ether oxygens (including phenoxy) is 1. The lowest BCUT2D eigenvalue weighted by atomic mass is 10.2. The van der Waals surface area contributed by atoms with Gasteiger partial charge in [-0.3, -0.25) is 0 Å². The van der Waals surface area contributed by atoms with Crippen LogP contribution >= 0.6 is 15.9 Å². The van der Waals surface area contributed by atoms with Crippen LogP contribution in [0.2, 0.25) is 0 Å². The zero-order valence-corrected chi connectivity index (χ0v) is 11.8. The highest BCUT2D eigenvalue weighted by Crippen LogP contribution is 2.27. The van der Waals surface area contributed by atoms with Crippen LogP contribution in [0.25, 0.3) is 0 Å². The first-order valence-corrected chi connectivity index (χ1v) is 6.27. The molecule has 19 heavy (non-hydrogen) atoms. The van der Waals surface area contributed by atoms with Crippen molar-refractivity contribution in [2.45, 2.75) is 6.92 Å². The zero-order valence-electron chi connectivity index (χ0n) is 10.2. The minimum atomic E-state index is 0.0122. The van der Waals surface area contributed by atoms with Crippen LogP contribution in [-0.2, 0) is 0 Å². The Hall–Kier alpha value is -2.08. The maximum atomic E-state index is 8.64. The number of aryl methyl sites for hydroxylation is 1. The molecule has 1 aromatic heterocycles. The van der Waals surface area contributed by atoms with Crippen molar-refractivity contribution in [2.24, 2.45) is 10.9 Å². The number of oxime groups is 1. The van der Waals surface area contributed by atoms with Gasteiger partial charge in [-0.05, 0) is 30.7 Å². The van der Waals surface area contributed by atoms with E-state index >= 15 is 0 Å². The van der Waals surface area contributed by atoms with Crippen molar-refractivity contribution >= 4 is 21.8 Å². The second-order valence-electron chi connectivity index (χ2n) is 3.88. The number of amidine groups is 1. The fourth-order valence-corrected chi connectivity index (χ4v) is 1.82. The number of halogens is 1. The molecule has 5 nitrogen and oxygen atoms in total. The van der Waals surface area contributed by atoms with E-state index in [1.807, 2.05) is 25.1 Å². The Morgan fingerprint density at radius 3 is 2.89 bits per heavy atom. The fraction of sp³-hybridized carbons (Fsp3) is 0.0769. The lowest BCUT2D eigenvalue weighted by molar-refractivity contribution is 0.318. The van der Waals surface area contributed by atoms with Gasteiger partial charge < -0.3 is 15.7 Å². The predicted octanol–water partition coefficient (Wildman–Crippen LogP) is 3.04. The van der Waals surface area contributed by atoms with Crippen molar-refractivity contribution in [1.29, 1.82) is 0 Å². The molecule has 3 N–H and O–H groups in total. The zero-order chi connectivity index (χ0) is 13.8. The second kappa shape index (κ2) is 5.71. The minimum Gasteiger partial charge on any atom is -0.439 e. The highest BCUT2D eigenvalue weighted by molar-refractivity contribution is 9.10. The Labute approximate surface area is 118 Å². The topological polar surface area (TPSA) is 80.7 Å². The smallest absolute Gasteiger partial charge is 0.219 e. The molecule has 1 aromatic carbocycles. The third-order valence-corrected chi connectivity index (χ3v) is 3.00. The molecule has 0 radical (unpaired) electrons. The molecule has 2 rings (SSSR count). The summed E-state index contributed by atoms with van der Waals surface area (Å²) in [6.07, 6.45) is 1.54. The summed E-state index contributed by atoms with van der Waals surface area (Å²) in [5.74, 6) is 1.09. The Morgan fingerprint density at radius 2 is 2.16 bits per heavy atom. The standard InChI is InChI=1S/C13H12BrN3O2/c1-8-2-3-10(14)7-11(8)19-12-6-9(4-5-16-12)13(15)17-18/h2-7,18H,1H3,(H2,15,17). The van der Waals surface area contributed by atoms with Gasteiger partial charge in [0.15, 0.2) is 5.84 Å². The number of hydrogen-bond acceptors (Lipinski definition) is 4. The first-order valence-electron chi connectivity index (χ1n) is 5.48. The molecular formula is C13H12BrN3O2. The third-order valence-electron chi connectivity index (χ3n) is 2.50. The van der Waals surface area contributed by atoms with E-state index in [1.165, 1.54) is 6.20 Å². The van der Waals surface area contributed by atoms with E-state index in [0.717, 1.165) is 10.0 Å². The summed E-state index contributed by atoms with van der Waals surface area (Å²) in [5.41, 5.74) is 7.05. The first kappa shape index (κ1) is 13.4. The van der Waals surface area contributed by atoms with Crippen molar-refractivity contribution in [1.82, 2.24) is 4.98 Å². The van der Waals surface area contributed by atoms with E-state index in [-0.39, 0.29) is 5.84 Å². The lowest BCUT2D eigenvalue weighted by Gasteiger charge is -2.09. The Balaban J connectivity index is 2.31. The van der Waals surface area contributed by atoms with Gasteiger partial charge in [0.25, 0.3) is 0 Å². The molecule has 0 spiro atoms. The van der Waals surface area contributed by atoms with Gasteiger partial charge in [0, 0.05) is 22.3 Å². The van der Waals surface area contributed by atoms with Crippen molar-refractivity contribution in [3.05, 3.63) is 52.1 Å². The number of nitrogens with zero attached hydrogens (tertiary/aromatic N) is 2. The number of aromatic nitrogens is 1. The summed E-state index contributed by atoms with van der Waals surface area (Å²) in [6, 6.07) is 8.97. The summed E-state index contributed by atoms with van der Waals surface area (Å²) in [7, 11) is 0. The van der Waals surface area contributed by atoms with Crippen LogP contribution in [0.4, 0.5) is 0 Å². The summed E-state index contributed by atoms with van der Waals surface area (Å²) in [5, 5.41) is 11.6. The Morgan fingerprint density at radius 1 is 1.37 bits per heavy atom. The summed E-state index contributed by atoms with van der Waals surface area (Å²) in [6.45, 7) is 1.94. The number of rotatable bonds is 3. The van der Waals surface area contributed by atoms with Crippen LogP contribution in [0.15, 0.2) is 46.2 Å². The molecule has 6 heteroatoms. The fourth-order valence-electron chi connectivity index (χ4n) is 1.48. The monoisotopic (exact) mass is 321 g/mol. The average molecular weight is 322 g/mol. The normalized spacial score (nSPS) is 11.4. The molecule has 0 amide bonds. The number of hydrogen-bond donors (Lipinski definition) is 2. The van der Waals surface area contributed by atoms with Crippen molar-refractivity contribution in [3.8, 4) is 11.6 Å². The van der Waals surface area contributed by atoms with Gasteiger partial charge in [-0.15, -0.1) is 0 Å². The largest absolute Gasteiger partial charge is 0.439 e. The highest BCUT2D eigenvalue weighted by atomic mass is 79.9. The van der Waals surface area contributed by atoms with Crippen LogP contribution in [0.1, 0.15) is 11.1 Å². The molecule has 0 aliphatic carbocycles. The molecule has 0 atom stereocenters. The molecular weight excluding hydrogens is 310 g/mol. The molecule has 0 bridgehead atoms. The summed E-state index contributed by atoms with van der Waals surface area (Å²) < 4.78 is 6.61. The van der Waals surface area contributed by atoms with E-state index in [2.05, 4.69) is 26.1 Å². The van der Waals surface area contributed by atoms with Gasteiger partial charge in [0.1, 0.15) is 5.75 Å². The molecule has 0 saturated heterocycles. The molecule has 2 aromatic rings. The third kappa shape index (κ3) is 3.23. The first-order chi connectivity index (χ1) is 9.10. The van der Waals surface area contributed by atoms with Gasteiger partial charge in [0.2, 0.25) is 5.88 Å². The van der Waals surface area contributed by atoms with Crippen molar-refractivity contribution in [3.63, 3.8) is 0 Å². The number of nitrogens with two attached hydrogens (primary N) is 1. The molecule has 98 valence electrons. The van der Waals surface area contributed by atoms with E-state index < -0.39 is 0 Å². The maximum Gasteiger partial charge on any atom is 0.219 e. The van der Waals surface area contributed by atoms with Gasteiger partial charge in [-0.25, -0.2) is 4.98 Å². The van der Waals surface area contributed by atoms with Crippen molar-refractivity contribution < 1.29 is 9.94 Å². The van der Waals surface area contributed by atoms with E-state index in [9.17, 15) is 0 Å². The van der Waals surface area contributed by atoms with Gasteiger partial charge in [-0.2, -0.15) is 0 Å². The Kier molecular flexibility index (Phi) is 4.01. The van der Waals surface area contributed by atoms with Gasteiger partial charge >= 0.3 is 0 Å². The molecule has 1 heterocycles. The molecule has 0 aliphatic heterocycles. The highest BCUT2D eigenvalue weighted by Gasteiger charge is 2.06. The SMILES string of the molecule is Cc1ccc(Br)cc1Oc1cc(/C(N)=N/O)ccn1. The lowest BCUT2D eigenvalue weighted by Crippen LogP contribution is -2.13. The second-order valence-corrected chi connectivity index (χ2v) is 4.80. The molecule has 0 unspecified atom stereocenters. The average Bonchev–Trinajstić information content (AvgIpc) is 2.42. The van der Waals surface area contributed by atoms with Gasteiger partial charge in [-0.1, -0.05) is 27.2 Å².